The van der Waals surface area contributed by atoms with Gasteiger partial charge in [-0.2, -0.15) is 0 Å². The average molecular weight is 638 g/mol. The number of fused-ring (bicyclic) bond motifs is 1. The van der Waals surface area contributed by atoms with E-state index in [2.05, 4.69) is 19.2 Å². The van der Waals surface area contributed by atoms with Crippen molar-refractivity contribution in [1.82, 2.24) is 14.8 Å². The summed E-state index contributed by atoms with van der Waals surface area (Å²) in [5.74, 6) is -1.73. The maximum atomic E-state index is 14.1. The van der Waals surface area contributed by atoms with E-state index in [0.29, 0.717) is 23.9 Å². The molecule has 0 saturated carbocycles. The van der Waals surface area contributed by atoms with E-state index < -0.39 is 24.0 Å². The first kappa shape index (κ1) is 37.0. The highest BCUT2D eigenvalue weighted by Crippen LogP contribution is 2.31. The number of ketones is 2. The van der Waals surface area contributed by atoms with Gasteiger partial charge >= 0.3 is 6.09 Å². The molecule has 1 fully saturated rings. The van der Waals surface area contributed by atoms with Crippen molar-refractivity contribution in [1.29, 1.82) is 0 Å². The van der Waals surface area contributed by atoms with E-state index in [4.69, 9.17) is 4.74 Å². The number of piperidine rings is 1. The number of Topliss-reactive ketones (excluding diaryl/α,β-unsaturated/α-hetero) is 2. The number of amides is 2. The first-order valence-corrected chi connectivity index (χ1v) is 17.0. The summed E-state index contributed by atoms with van der Waals surface area (Å²) in [6, 6.07) is 6.63. The van der Waals surface area contributed by atoms with Crippen molar-refractivity contribution in [3.8, 4) is 0 Å². The number of nitrogens with zero attached hydrogens (tertiary/aromatic N) is 2. The van der Waals surface area contributed by atoms with Crippen LogP contribution in [0.3, 0.4) is 0 Å². The second kappa shape index (κ2) is 16.4. The lowest BCUT2D eigenvalue weighted by atomic mass is 9.81. The second-order valence-electron chi connectivity index (χ2n) is 14.5. The van der Waals surface area contributed by atoms with Crippen molar-refractivity contribution in [3.05, 3.63) is 36.0 Å². The van der Waals surface area contributed by atoms with E-state index in [1.165, 1.54) is 18.6 Å². The molecule has 9 nitrogen and oxygen atoms in total. The first-order valence-electron chi connectivity index (χ1n) is 17.0. The van der Waals surface area contributed by atoms with Crippen molar-refractivity contribution in [2.24, 2.45) is 17.3 Å². The molecule has 2 aromatic rings. The SMILES string of the molecule is CCCC[C@@H](CC(=O)[C@@H](Cc1cn(C(=O)OC)c2ccccc12)NC(=O)[C@@H](CC(=O)N1[C@H](C)CCC[C@@H]1C)CC(C)(C)C)C(C)=O. The minimum atomic E-state index is -0.946. The van der Waals surface area contributed by atoms with Crippen molar-refractivity contribution in [2.75, 3.05) is 7.11 Å². The minimum Gasteiger partial charge on any atom is -0.452 e. The lowest BCUT2D eigenvalue weighted by Gasteiger charge is -2.40. The van der Waals surface area contributed by atoms with Crippen molar-refractivity contribution in [3.63, 3.8) is 0 Å². The molecule has 0 aliphatic carbocycles. The predicted octanol–water partition coefficient (Wildman–Crippen LogP) is 6.87. The Labute approximate surface area is 274 Å². The van der Waals surface area contributed by atoms with Crippen LogP contribution < -0.4 is 5.32 Å². The molecule has 1 aliphatic rings. The number of aromatic nitrogens is 1. The van der Waals surface area contributed by atoms with Crippen LogP contribution in [-0.2, 0) is 30.3 Å². The zero-order chi connectivity index (χ0) is 34.2. The normalized spacial score (nSPS) is 18.9. The largest absolute Gasteiger partial charge is 0.452 e. The molecule has 0 unspecified atom stereocenters. The number of carbonyl (C=O) groups excluding carboxylic acids is 5. The Morgan fingerprint density at radius 3 is 2.24 bits per heavy atom. The predicted molar refractivity (Wildman–Crippen MR) is 180 cm³/mol. The number of likely N-dealkylation sites (tertiary alicyclic amines) is 1. The molecule has 3 rings (SSSR count). The number of ether oxygens (including phenoxy) is 1. The van der Waals surface area contributed by atoms with Crippen LogP contribution in [0.1, 0.15) is 112 Å². The maximum Gasteiger partial charge on any atom is 0.418 e. The lowest BCUT2D eigenvalue weighted by Crippen LogP contribution is -2.50. The van der Waals surface area contributed by atoms with Gasteiger partial charge in [0.15, 0.2) is 5.78 Å². The molecule has 254 valence electrons. The fraction of sp³-hybridized carbons (Fsp3) is 0.649. The van der Waals surface area contributed by atoms with Crippen LogP contribution in [0.4, 0.5) is 4.79 Å². The number of unbranched alkanes of at least 4 members (excludes halogenated alkanes) is 1. The summed E-state index contributed by atoms with van der Waals surface area (Å²) in [5, 5.41) is 3.81. The van der Waals surface area contributed by atoms with Crippen molar-refractivity contribution in [2.45, 2.75) is 131 Å². The molecular weight excluding hydrogens is 582 g/mol. The summed E-state index contributed by atoms with van der Waals surface area (Å²) in [7, 11) is 1.31. The lowest BCUT2D eigenvalue weighted by molar-refractivity contribution is -0.142. The molecule has 1 aromatic carbocycles. The number of hydrogen-bond acceptors (Lipinski definition) is 6. The molecule has 1 aromatic heterocycles. The van der Waals surface area contributed by atoms with Gasteiger partial charge in [0.2, 0.25) is 11.8 Å². The number of benzene rings is 1. The van der Waals surface area contributed by atoms with E-state index in [0.717, 1.165) is 37.5 Å². The van der Waals surface area contributed by atoms with E-state index >= 15 is 0 Å². The monoisotopic (exact) mass is 637 g/mol. The number of hydrogen-bond donors (Lipinski definition) is 1. The fourth-order valence-electron chi connectivity index (χ4n) is 6.93. The highest BCUT2D eigenvalue weighted by molar-refractivity contribution is 5.96. The Morgan fingerprint density at radius 2 is 1.65 bits per heavy atom. The van der Waals surface area contributed by atoms with Gasteiger partial charge < -0.3 is 15.0 Å². The van der Waals surface area contributed by atoms with Gasteiger partial charge in [0.25, 0.3) is 0 Å². The topological polar surface area (TPSA) is 115 Å². The van der Waals surface area contributed by atoms with E-state index in [-0.39, 0.29) is 60.1 Å². The number of carbonyl (C=O) groups is 5. The molecule has 2 amide bonds. The van der Waals surface area contributed by atoms with Crippen LogP contribution in [0.25, 0.3) is 10.9 Å². The summed E-state index contributed by atoms with van der Waals surface area (Å²) in [4.78, 5) is 68.9. The van der Waals surface area contributed by atoms with E-state index in [1.54, 1.807) is 12.3 Å². The molecule has 1 aliphatic heterocycles. The Kier molecular flexibility index (Phi) is 13.2. The Morgan fingerprint density at radius 1 is 1.00 bits per heavy atom. The minimum absolute atomic E-state index is 0.0155. The van der Waals surface area contributed by atoms with Crippen LogP contribution >= 0.6 is 0 Å². The third kappa shape index (κ3) is 9.76. The summed E-state index contributed by atoms with van der Waals surface area (Å²) in [6.07, 6.45) is 7.06. The van der Waals surface area contributed by atoms with Gasteiger partial charge in [-0.15, -0.1) is 0 Å². The number of para-hydroxylation sites is 1. The summed E-state index contributed by atoms with van der Waals surface area (Å²) >= 11 is 0. The maximum absolute atomic E-state index is 14.1. The van der Waals surface area contributed by atoms with E-state index in [9.17, 15) is 24.0 Å². The zero-order valence-corrected chi connectivity index (χ0v) is 29.2. The molecular formula is C37H55N3O6. The van der Waals surface area contributed by atoms with Crippen molar-refractivity contribution >= 4 is 40.4 Å². The van der Waals surface area contributed by atoms with Gasteiger partial charge in [-0.1, -0.05) is 58.7 Å². The van der Waals surface area contributed by atoms with Gasteiger partial charge in [0, 0.05) is 54.8 Å². The first-order chi connectivity index (χ1) is 21.7. The van der Waals surface area contributed by atoms with Crippen LogP contribution in [-0.4, -0.2) is 64.2 Å². The molecule has 1 saturated heterocycles. The highest BCUT2D eigenvalue weighted by Gasteiger charge is 2.36. The Bertz CT molecular complexity index is 1380. The van der Waals surface area contributed by atoms with Crippen LogP contribution in [0, 0.1) is 17.3 Å². The average Bonchev–Trinajstić information content (AvgIpc) is 3.35. The zero-order valence-electron chi connectivity index (χ0n) is 29.2. The second-order valence-corrected chi connectivity index (χ2v) is 14.5. The smallest absolute Gasteiger partial charge is 0.418 e. The molecule has 5 atom stereocenters. The third-order valence-corrected chi connectivity index (χ3v) is 9.36. The molecule has 9 heteroatoms. The quantitative estimate of drug-likeness (QED) is 0.242. The molecule has 0 radical (unpaired) electrons. The Balaban J connectivity index is 1.97. The third-order valence-electron chi connectivity index (χ3n) is 9.36. The van der Waals surface area contributed by atoms with Crippen LogP contribution in [0.2, 0.25) is 0 Å². The van der Waals surface area contributed by atoms with Crippen LogP contribution in [0.5, 0.6) is 0 Å². The molecule has 46 heavy (non-hydrogen) atoms. The molecule has 1 N–H and O–H groups in total. The molecule has 0 bridgehead atoms. The van der Waals surface area contributed by atoms with E-state index in [1.807, 2.05) is 50.8 Å². The van der Waals surface area contributed by atoms with Gasteiger partial charge in [0.05, 0.1) is 18.7 Å². The summed E-state index contributed by atoms with van der Waals surface area (Å²) in [5.41, 5.74) is 1.09. The standard InChI is InChI=1S/C37H55N3O6/c1-9-10-16-27(26(4)41)20-33(42)31(19-29-23-39(36(45)46-8)32-18-12-11-17-30(29)32)38-35(44)28(22-37(5,6)7)21-34(43)40-24(2)14-13-15-25(40)3/h11-12,17-18,23-25,27-28,31H,9-10,13-16,19-22H2,1-8H3,(H,38,44)/t24-,25+,27-,28-,31+/m0/s1. The van der Waals surface area contributed by atoms with Gasteiger partial charge in [-0.25, -0.2) is 4.79 Å². The highest BCUT2D eigenvalue weighted by atomic mass is 16.5. The van der Waals surface area contributed by atoms with Gasteiger partial charge in [-0.05, 0) is 69.9 Å². The molecule has 0 spiro atoms. The van der Waals surface area contributed by atoms with Crippen LogP contribution in [0.15, 0.2) is 30.5 Å². The summed E-state index contributed by atoms with van der Waals surface area (Å²) in [6.45, 7) is 13.8. The Hall–Kier alpha value is -3.49. The number of methoxy groups -OCH3 is 1. The molecule has 2 heterocycles. The van der Waals surface area contributed by atoms with Crippen molar-refractivity contribution < 1.29 is 28.7 Å². The number of nitrogens with one attached hydrogen (secondary N) is 1. The summed E-state index contributed by atoms with van der Waals surface area (Å²) < 4.78 is 6.38. The fourth-order valence-corrected chi connectivity index (χ4v) is 6.93. The van der Waals surface area contributed by atoms with Gasteiger partial charge in [0.1, 0.15) is 5.78 Å². The number of rotatable bonds is 14. The van der Waals surface area contributed by atoms with Gasteiger partial charge in [-0.3, -0.25) is 23.7 Å².